The van der Waals surface area contributed by atoms with Gasteiger partial charge >= 0.3 is 0 Å². The number of aromatic nitrogens is 2. The Hall–Kier alpha value is -6.71. The first-order chi connectivity index (χ1) is 26.0. The third-order valence-corrected chi connectivity index (χ3v) is 11.1. The van der Waals surface area contributed by atoms with Gasteiger partial charge in [0.1, 0.15) is 0 Å². The van der Waals surface area contributed by atoms with Crippen molar-refractivity contribution in [2.24, 2.45) is 0 Å². The predicted molar refractivity (Wildman–Crippen MR) is 222 cm³/mol. The van der Waals surface area contributed by atoms with Crippen molar-refractivity contribution < 1.29 is 0 Å². The van der Waals surface area contributed by atoms with Crippen LogP contribution in [0.4, 0.5) is 17.1 Å². The molecule has 2 aromatic heterocycles. The predicted octanol–water partition coefficient (Wildman–Crippen LogP) is 13.3. The summed E-state index contributed by atoms with van der Waals surface area (Å²) in [5, 5.41) is 2.51. The number of anilines is 3. The second kappa shape index (κ2) is 12.2. The SMILES string of the molecule is CC1(C)c2ccccc2-c2ccc(N(c3ccc(-c4ccncc4)cc3)c3ccc(-c4ccc5c(c4)c4ccccc4n5-c4ccccc4)cc3)cc21. The lowest BCUT2D eigenvalue weighted by Crippen LogP contribution is -2.16. The molecule has 0 atom stereocenters. The van der Waals surface area contributed by atoms with Crippen molar-refractivity contribution in [1.82, 2.24) is 9.55 Å². The highest BCUT2D eigenvalue weighted by atomic mass is 15.1. The highest BCUT2D eigenvalue weighted by molar-refractivity contribution is 6.10. The molecular weight excluding hydrogens is 643 g/mol. The molecule has 0 radical (unpaired) electrons. The van der Waals surface area contributed by atoms with Crippen LogP contribution in [-0.2, 0) is 5.41 Å². The Morgan fingerprint density at radius 3 is 1.75 bits per heavy atom. The lowest BCUT2D eigenvalue weighted by molar-refractivity contribution is 0.660. The van der Waals surface area contributed by atoms with Crippen LogP contribution in [0.15, 0.2) is 188 Å². The van der Waals surface area contributed by atoms with E-state index >= 15 is 0 Å². The number of pyridine rings is 1. The molecule has 1 aliphatic carbocycles. The monoisotopic (exact) mass is 679 g/mol. The van der Waals surface area contributed by atoms with Crippen LogP contribution in [-0.4, -0.2) is 9.55 Å². The van der Waals surface area contributed by atoms with Crippen molar-refractivity contribution in [1.29, 1.82) is 0 Å². The van der Waals surface area contributed by atoms with E-state index in [0.717, 1.165) is 22.6 Å². The van der Waals surface area contributed by atoms with Crippen molar-refractivity contribution in [3.63, 3.8) is 0 Å². The van der Waals surface area contributed by atoms with Gasteiger partial charge in [-0.3, -0.25) is 4.98 Å². The molecule has 0 spiro atoms. The van der Waals surface area contributed by atoms with Gasteiger partial charge in [-0.25, -0.2) is 0 Å². The molecule has 252 valence electrons. The molecule has 10 rings (SSSR count). The van der Waals surface area contributed by atoms with E-state index in [9.17, 15) is 0 Å². The lowest BCUT2D eigenvalue weighted by Gasteiger charge is -2.28. The van der Waals surface area contributed by atoms with E-state index in [0.29, 0.717) is 0 Å². The zero-order chi connectivity index (χ0) is 35.5. The Labute approximate surface area is 310 Å². The topological polar surface area (TPSA) is 21.1 Å². The van der Waals surface area contributed by atoms with Gasteiger partial charge in [-0.05, 0) is 123 Å². The van der Waals surface area contributed by atoms with Gasteiger partial charge in [-0.15, -0.1) is 0 Å². The zero-order valence-electron chi connectivity index (χ0n) is 29.7. The quantitative estimate of drug-likeness (QED) is 0.174. The summed E-state index contributed by atoms with van der Waals surface area (Å²) in [5.41, 5.74) is 17.0. The smallest absolute Gasteiger partial charge is 0.0541 e. The maximum atomic E-state index is 4.21. The second-order valence-corrected chi connectivity index (χ2v) is 14.5. The Bertz CT molecular complexity index is 2780. The summed E-state index contributed by atoms with van der Waals surface area (Å²) in [5.74, 6) is 0. The number of rotatable bonds is 6. The fraction of sp³-hybridized carbons (Fsp3) is 0.0600. The zero-order valence-corrected chi connectivity index (χ0v) is 29.7. The van der Waals surface area contributed by atoms with Gasteiger partial charge in [0.15, 0.2) is 0 Å². The molecule has 2 heterocycles. The van der Waals surface area contributed by atoms with Crippen molar-refractivity contribution in [2.45, 2.75) is 19.3 Å². The molecule has 0 amide bonds. The molecule has 3 heteroatoms. The molecule has 0 N–H and O–H groups in total. The van der Waals surface area contributed by atoms with Gasteiger partial charge in [0.2, 0.25) is 0 Å². The fourth-order valence-electron chi connectivity index (χ4n) is 8.44. The van der Waals surface area contributed by atoms with Crippen LogP contribution in [0.3, 0.4) is 0 Å². The fourth-order valence-corrected chi connectivity index (χ4v) is 8.44. The van der Waals surface area contributed by atoms with Gasteiger partial charge in [0.05, 0.1) is 11.0 Å². The molecule has 1 aliphatic rings. The van der Waals surface area contributed by atoms with Crippen LogP contribution >= 0.6 is 0 Å². The summed E-state index contributed by atoms with van der Waals surface area (Å²) in [7, 11) is 0. The molecule has 0 aliphatic heterocycles. The maximum absolute atomic E-state index is 4.21. The highest BCUT2D eigenvalue weighted by Crippen LogP contribution is 2.50. The van der Waals surface area contributed by atoms with Gasteiger partial charge in [-0.1, -0.05) is 111 Å². The Morgan fingerprint density at radius 1 is 0.434 bits per heavy atom. The molecule has 0 fully saturated rings. The average molecular weight is 680 g/mol. The van der Waals surface area contributed by atoms with E-state index < -0.39 is 0 Å². The number of hydrogen-bond donors (Lipinski definition) is 0. The summed E-state index contributed by atoms with van der Waals surface area (Å²) < 4.78 is 2.37. The first-order valence-electron chi connectivity index (χ1n) is 18.3. The van der Waals surface area contributed by atoms with Crippen molar-refractivity contribution in [3.05, 3.63) is 199 Å². The molecule has 53 heavy (non-hydrogen) atoms. The van der Waals surface area contributed by atoms with Gasteiger partial charge in [0.25, 0.3) is 0 Å². The summed E-state index contributed by atoms with van der Waals surface area (Å²) in [4.78, 5) is 6.60. The van der Waals surface area contributed by atoms with Crippen LogP contribution < -0.4 is 4.90 Å². The van der Waals surface area contributed by atoms with Gasteiger partial charge < -0.3 is 9.47 Å². The first kappa shape index (κ1) is 31.1. The molecule has 0 saturated heterocycles. The van der Waals surface area contributed by atoms with Crippen molar-refractivity contribution in [3.8, 4) is 39.1 Å². The summed E-state index contributed by atoms with van der Waals surface area (Å²) in [6, 6.07) is 64.1. The number of benzene rings is 7. The van der Waals surface area contributed by atoms with Crippen LogP contribution in [0, 0.1) is 0 Å². The lowest BCUT2D eigenvalue weighted by atomic mass is 9.82. The third-order valence-electron chi connectivity index (χ3n) is 11.1. The average Bonchev–Trinajstić information content (AvgIpc) is 3.67. The van der Waals surface area contributed by atoms with E-state index in [1.807, 2.05) is 12.4 Å². The number of nitrogens with zero attached hydrogens (tertiary/aromatic N) is 3. The van der Waals surface area contributed by atoms with Crippen molar-refractivity contribution >= 4 is 38.9 Å². The largest absolute Gasteiger partial charge is 0.310 e. The standard InChI is InChI=1S/C50H37N3/c1-50(2)46-14-8-6-12-42(46)43-26-25-41(33-47(43)50)52(39-21-16-34(17-22-39)36-28-30-51-31-29-36)40-23-18-35(19-24-40)37-20-27-49-45(32-37)44-13-7-9-15-48(44)53(49)38-10-4-3-5-11-38/h3-33H,1-2H3. The van der Waals surface area contributed by atoms with Crippen molar-refractivity contribution in [2.75, 3.05) is 4.90 Å². The molecular formula is C50H37N3. The van der Waals surface area contributed by atoms with Gasteiger partial charge in [-0.2, -0.15) is 0 Å². The van der Waals surface area contributed by atoms with E-state index in [1.54, 1.807) is 0 Å². The second-order valence-electron chi connectivity index (χ2n) is 14.5. The minimum Gasteiger partial charge on any atom is -0.310 e. The van der Waals surface area contributed by atoms with E-state index in [4.69, 9.17) is 0 Å². The molecule has 0 saturated carbocycles. The van der Waals surface area contributed by atoms with Crippen LogP contribution in [0.2, 0.25) is 0 Å². The Balaban J connectivity index is 1.07. The highest BCUT2D eigenvalue weighted by Gasteiger charge is 2.35. The number of para-hydroxylation sites is 2. The van der Waals surface area contributed by atoms with Crippen LogP contribution in [0.1, 0.15) is 25.0 Å². The minimum atomic E-state index is -0.0923. The molecule has 0 unspecified atom stereocenters. The normalized spacial score (nSPS) is 12.9. The molecule has 3 nitrogen and oxygen atoms in total. The van der Waals surface area contributed by atoms with E-state index in [-0.39, 0.29) is 5.41 Å². The van der Waals surface area contributed by atoms with E-state index in [2.05, 4.69) is 204 Å². The van der Waals surface area contributed by atoms with Crippen LogP contribution in [0.25, 0.3) is 60.9 Å². The number of fused-ring (bicyclic) bond motifs is 6. The molecule has 7 aromatic carbocycles. The summed E-state index contributed by atoms with van der Waals surface area (Å²) in [6.45, 7) is 4.69. The Kier molecular flexibility index (Phi) is 7.16. The Morgan fingerprint density at radius 2 is 1.00 bits per heavy atom. The molecule has 9 aromatic rings. The minimum absolute atomic E-state index is 0.0923. The third kappa shape index (κ3) is 5.08. The van der Waals surface area contributed by atoms with Gasteiger partial charge in [0, 0.05) is 51.3 Å². The van der Waals surface area contributed by atoms with Crippen LogP contribution in [0.5, 0.6) is 0 Å². The van der Waals surface area contributed by atoms with E-state index in [1.165, 1.54) is 66.4 Å². The maximum Gasteiger partial charge on any atom is 0.0541 e. The number of hydrogen-bond acceptors (Lipinski definition) is 2. The summed E-state index contributed by atoms with van der Waals surface area (Å²) >= 11 is 0. The molecule has 0 bridgehead atoms. The summed E-state index contributed by atoms with van der Waals surface area (Å²) in [6.07, 6.45) is 3.70. The first-order valence-corrected chi connectivity index (χ1v) is 18.3.